The van der Waals surface area contributed by atoms with Gasteiger partial charge in [0.1, 0.15) is 0 Å². The first-order valence-corrected chi connectivity index (χ1v) is 8.69. The van der Waals surface area contributed by atoms with E-state index in [-0.39, 0.29) is 18.1 Å². The fraction of sp³-hybridized carbons (Fsp3) is 0.450. The Balaban J connectivity index is 1.69. The van der Waals surface area contributed by atoms with Crippen molar-refractivity contribution in [2.75, 3.05) is 13.2 Å². The minimum Gasteiger partial charge on any atom is -0.394 e. The zero-order chi connectivity index (χ0) is 16.7. The Kier molecular flexibility index (Phi) is 3.82. The number of benzene rings is 1. The van der Waals surface area contributed by atoms with Gasteiger partial charge in [0.15, 0.2) is 0 Å². The first kappa shape index (κ1) is 15.6. The van der Waals surface area contributed by atoms with Gasteiger partial charge in [-0.2, -0.15) is 5.10 Å². The number of ether oxygens (including phenoxy) is 1. The van der Waals surface area contributed by atoms with Gasteiger partial charge < -0.3 is 9.84 Å². The predicted octanol–water partition coefficient (Wildman–Crippen LogP) is 3.30. The van der Waals surface area contributed by atoms with Crippen molar-refractivity contribution < 1.29 is 9.84 Å². The molecule has 126 valence electrons. The van der Waals surface area contributed by atoms with Crippen LogP contribution >= 0.6 is 0 Å². The van der Waals surface area contributed by atoms with E-state index in [2.05, 4.69) is 49.3 Å². The summed E-state index contributed by atoms with van der Waals surface area (Å²) in [7, 11) is 0. The smallest absolute Gasteiger partial charge is 0.0701 e. The number of hydrogen-bond acceptors (Lipinski definition) is 3. The Morgan fingerprint density at radius 1 is 1.33 bits per heavy atom. The topological polar surface area (TPSA) is 47.3 Å². The maximum atomic E-state index is 9.06. The second-order valence-corrected chi connectivity index (χ2v) is 7.19. The summed E-state index contributed by atoms with van der Waals surface area (Å²) < 4.78 is 7.97. The molecular formula is C20H24N2O2. The molecule has 2 atom stereocenters. The third kappa shape index (κ3) is 2.41. The summed E-state index contributed by atoms with van der Waals surface area (Å²) in [5, 5.41) is 13.7. The lowest BCUT2D eigenvalue weighted by molar-refractivity contribution is -0.0184. The van der Waals surface area contributed by atoms with Crippen LogP contribution in [0.2, 0.25) is 0 Å². The number of aryl methyl sites for hydroxylation is 1. The lowest BCUT2D eigenvalue weighted by Gasteiger charge is -2.35. The molecule has 1 saturated carbocycles. The Morgan fingerprint density at radius 2 is 2.12 bits per heavy atom. The van der Waals surface area contributed by atoms with Gasteiger partial charge in [0.25, 0.3) is 0 Å². The zero-order valence-electron chi connectivity index (χ0n) is 14.3. The molecule has 24 heavy (non-hydrogen) atoms. The molecule has 0 spiro atoms. The number of aromatic nitrogens is 2. The minimum atomic E-state index is 0.0311. The van der Waals surface area contributed by atoms with Gasteiger partial charge in [0.05, 0.1) is 36.9 Å². The molecule has 2 aliphatic carbocycles. The molecule has 4 heteroatoms. The van der Waals surface area contributed by atoms with Crippen molar-refractivity contribution in [3.05, 3.63) is 52.9 Å². The maximum Gasteiger partial charge on any atom is 0.0701 e. The van der Waals surface area contributed by atoms with Crippen LogP contribution in [0, 0.1) is 12.3 Å². The van der Waals surface area contributed by atoms with Gasteiger partial charge in [-0.05, 0) is 50.0 Å². The van der Waals surface area contributed by atoms with E-state index >= 15 is 0 Å². The van der Waals surface area contributed by atoms with E-state index in [1.54, 1.807) is 0 Å². The highest BCUT2D eigenvalue weighted by atomic mass is 16.5. The van der Waals surface area contributed by atoms with Crippen LogP contribution in [0.3, 0.4) is 0 Å². The Morgan fingerprint density at radius 3 is 2.88 bits per heavy atom. The summed E-state index contributed by atoms with van der Waals surface area (Å²) >= 11 is 0. The van der Waals surface area contributed by atoms with E-state index < -0.39 is 0 Å². The molecule has 0 saturated heterocycles. The van der Waals surface area contributed by atoms with Crippen LogP contribution in [0.4, 0.5) is 0 Å². The van der Waals surface area contributed by atoms with Crippen LogP contribution in [-0.2, 0) is 11.2 Å². The normalized spacial score (nSPS) is 25.3. The standard InChI is InChI=1S/C20H24N2O2/c1-14-3-6-17(7-4-14)22-18-11-16-5-8-19(24-10-9-23)20(16,2)12-15(18)13-21-22/h3-4,6-7,11,13,19,23H,5,8-10,12H2,1-2H3/t19-,20-/m0/s1. The molecule has 0 aliphatic heterocycles. The number of aliphatic hydroxyl groups excluding tert-OH is 1. The average molecular weight is 324 g/mol. The Hall–Kier alpha value is -1.91. The van der Waals surface area contributed by atoms with Gasteiger partial charge in [0.2, 0.25) is 0 Å². The lowest BCUT2D eigenvalue weighted by Crippen LogP contribution is -2.35. The van der Waals surface area contributed by atoms with E-state index in [0.29, 0.717) is 6.61 Å². The van der Waals surface area contributed by atoms with Gasteiger partial charge >= 0.3 is 0 Å². The second-order valence-electron chi connectivity index (χ2n) is 7.19. The molecule has 1 N–H and O–H groups in total. The van der Waals surface area contributed by atoms with Crippen LogP contribution in [0.15, 0.2) is 36.0 Å². The molecule has 0 radical (unpaired) electrons. The molecule has 2 aromatic rings. The molecule has 0 amide bonds. The fourth-order valence-electron chi connectivity index (χ4n) is 4.16. The van der Waals surface area contributed by atoms with Crippen molar-refractivity contribution in [1.29, 1.82) is 0 Å². The molecule has 0 unspecified atom stereocenters. The molecule has 0 bridgehead atoms. The summed E-state index contributed by atoms with van der Waals surface area (Å²) in [6.45, 7) is 4.89. The summed E-state index contributed by atoms with van der Waals surface area (Å²) in [6, 6.07) is 8.49. The summed E-state index contributed by atoms with van der Waals surface area (Å²) in [5.74, 6) is 0. The number of fused-ring (bicyclic) bond motifs is 2. The zero-order valence-corrected chi connectivity index (χ0v) is 14.3. The molecule has 1 aromatic carbocycles. The van der Waals surface area contributed by atoms with Crippen molar-refractivity contribution in [1.82, 2.24) is 9.78 Å². The quantitative estimate of drug-likeness (QED) is 0.939. The van der Waals surface area contributed by atoms with Gasteiger partial charge in [-0.1, -0.05) is 30.2 Å². The van der Waals surface area contributed by atoms with E-state index in [1.165, 1.54) is 22.4 Å². The van der Waals surface area contributed by atoms with Crippen LogP contribution in [-0.4, -0.2) is 34.2 Å². The van der Waals surface area contributed by atoms with Gasteiger partial charge in [0, 0.05) is 5.41 Å². The van der Waals surface area contributed by atoms with Crippen molar-refractivity contribution in [2.45, 2.75) is 39.2 Å². The molecule has 4 rings (SSSR count). The lowest BCUT2D eigenvalue weighted by atomic mass is 9.74. The first-order valence-electron chi connectivity index (χ1n) is 8.69. The van der Waals surface area contributed by atoms with E-state index in [9.17, 15) is 0 Å². The second kappa shape index (κ2) is 5.87. The molecule has 1 heterocycles. The third-order valence-electron chi connectivity index (χ3n) is 5.56. The number of rotatable bonds is 4. The van der Waals surface area contributed by atoms with Crippen molar-refractivity contribution in [2.24, 2.45) is 5.41 Å². The van der Waals surface area contributed by atoms with Gasteiger partial charge in [-0.3, -0.25) is 0 Å². The van der Waals surface area contributed by atoms with Gasteiger partial charge in [-0.15, -0.1) is 0 Å². The van der Waals surface area contributed by atoms with Crippen molar-refractivity contribution in [3.63, 3.8) is 0 Å². The minimum absolute atomic E-state index is 0.0311. The molecular weight excluding hydrogens is 300 g/mol. The van der Waals surface area contributed by atoms with Crippen LogP contribution in [0.5, 0.6) is 0 Å². The van der Waals surface area contributed by atoms with E-state index in [4.69, 9.17) is 9.84 Å². The maximum absolute atomic E-state index is 9.06. The molecule has 1 fully saturated rings. The highest BCUT2D eigenvalue weighted by Gasteiger charge is 2.46. The largest absolute Gasteiger partial charge is 0.394 e. The Labute approximate surface area is 142 Å². The van der Waals surface area contributed by atoms with Gasteiger partial charge in [-0.25, -0.2) is 4.68 Å². The summed E-state index contributed by atoms with van der Waals surface area (Å²) in [5.41, 5.74) is 6.32. The average Bonchev–Trinajstić information content (AvgIpc) is 3.11. The number of aliphatic hydroxyl groups is 1. The fourth-order valence-corrected chi connectivity index (χ4v) is 4.16. The summed E-state index contributed by atoms with van der Waals surface area (Å²) in [4.78, 5) is 0. The molecule has 4 nitrogen and oxygen atoms in total. The molecule has 2 aliphatic rings. The van der Waals surface area contributed by atoms with Crippen molar-refractivity contribution in [3.8, 4) is 5.69 Å². The number of nitrogens with zero attached hydrogens (tertiary/aromatic N) is 2. The highest BCUT2D eigenvalue weighted by molar-refractivity contribution is 5.62. The third-order valence-corrected chi connectivity index (χ3v) is 5.56. The van der Waals surface area contributed by atoms with Crippen LogP contribution in [0.1, 0.15) is 36.6 Å². The van der Waals surface area contributed by atoms with Crippen LogP contribution < -0.4 is 0 Å². The van der Waals surface area contributed by atoms with E-state index in [0.717, 1.165) is 24.9 Å². The first-order chi connectivity index (χ1) is 11.6. The Bertz CT molecular complexity index is 775. The number of hydrogen-bond donors (Lipinski definition) is 1. The molecule has 1 aromatic heterocycles. The SMILES string of the molecule is Cc1ccc(-n2ncc3c2C=C2CC[C@H](OCCO)[C@@]2(C)C3)cc1. The highest BCUT2D eigenvalue weighted by Crippen LogP contribution is 2.50. The predicted molar refractivity (Wildman–Crippen MR) is 94.1 cm³/mol. The van der Waals surface area contributed by atoms with E-state index in [1.807, 2.05) is 10.9 Å². The van der Waals surface area contributed by atoms with Crippen LogP contribution in [0.25, 0.3) is 11.8 Å². The summed E-state index contributed by atoms with van der Waals surface area (Å²) in [6.07, 6.45) is 7.54. The van der Waals surface area contributed by atoms with Crippen molar-refractivity contribution >= 4 is 6.08 Å². The monoisotopic (exact) mass is 324 g/mol.